The van der Waals surface area contributed by atoms with Crippen molar-refractivity contribution in [1.29, 1.82) is 0 Å². The molecule has 1 atom stereocenters. The molecule has 1 saturated heterocycles. The van der Waals surface area contributed by atoms with Gasteiger partial charge in [0.15, 0.2) is 0 Å². The topological polar surface area (TPSA) is 167 Å². The van der Waals surface area contributed by atoms with Gasteiger partial charge in [0.05, 0.1) is 45.6 Å². The van der Waals surface area contributed by atoms with E-state index in [0.717, 1.165) is 19.6 Å². The zero-order valence-electron chi connectivity index (χ0n) is 26.9. The van der Waals surface area contributed by atoms with Gasteiger partial charge >= 0.3 is 17.9 Å². The molecule has 14 nitrogen and oxygen atoms in total. The first kappa shape index (κ1) is 38.0. The molecule has 1 heterocycles. The van der Waals surface area contributed by atoms with Crippen LogP contribution in [0.25, 0.3) is 0 Å². The Morgan fingerprint density at radius 3 is 1.62 bits per heavy atom. The fourth-order valence-electron chi connectivity index (χ4n) is 5.37. The van der Waals surface area contributed by atoms with Crippen LogP contribution in [0.15, 0.2) is 60.7 Å². The van der Waals surface area contributed by atoms with E-state index in [0.29, 0.717) is 26.3 Å². The molecule has 4 N–H and O–H groups in total. The van der Waals surface area contributed by atoms with Crippen molar-refractivity contribution in [2.75, 3.05) is 98.4 Å². The first-order chi connectivity index (χ1) is 22.7. The monoisotopic (exact) mass is 659 g/mol. The number of carbonyl (C=O) groups is 3. The fourth-order valence-corrected chi connectivity index (χ4v) is 5.37. The maximum absolute atomic E-state index is 11.7. The molecule has 1 fully saturated rings. The summed E-state index contributed by atoms with van der Waals surface area (Å²) in [7, 11) is 0. The molecule has 0 saturated carbocycles. The van der Waals surface area contributed by atoms with Crippen LogP contribution in [-0.4, -0.2) is 168 Å². The second-order valence-corrected chi connectivity index (χ2v) is 11.6. The maximum Gasteiger partial charge on any atom is 0.319 e. The van der Waals surface area contributed by atoms with E-state index in [1.807, 2.05) is 36.4 Å². The molecule has 3 rings (SSSR count). The number of aliphatic hydroxyl groups excluding tert-OH is 1. The van der Waals surface area contributed by atoms with Crippen molar-refractivity contribution in [1.82, 2.24) is 24.7 Å². The summed E-state index contributed by atoms with van der Waals surface area (Å²) in [6.07, 6.45) is -0.954. The molecule has 0 bridgehead atoms. The van der Waals surface area contributed by atoms with Gasteiger partial charge in [0.2, 0.25) is 0 Å². The van der Waals surface area contributed by atoms with Crippen molar-refractivity contribution in [2.45, 2.75) is 19.2 Å². The number of nitrogens with zero attached hydrogens (tertiary/aromatic N) is 5. The molecule has 0 aromatic heterocycles. The Labute approximate surface area is 276 Å². The highest BCUT2D eigenvalue weighted by atomic mass is 16.5. The van der Waals surface area contributed by atoms with Gasteiger partial charge in [0.1, 0.15) is 6.54 Å². The van der Waals surface area contributed by atoms with Crippen LogP contribution in [0.2, 0.25) is 0 Å². The van der Waals surface area contributed by atoms with Crippen LogP contribution in [0.1, 0.15) is 11.1 Å². The van der Waals surface area contributed by atoms with Crippen molar-refractivity contribution in [3.05, 3.63) is 71.8 Å². The first-order valence-electron chi connectivity index (χ1n) is 15.9. The Morgan fingerprint density at radius 2 is 1.11 bits per heavy atom. The average Bonchev–Trinajstić information content (AvgIpc) is 3.02. The molecule has 2 aromatic rings. The van der Waals surface area contributed by atoms with Gasteiger partial charge in [0, 0.05) is 65.4 Å². The van der Waals surface area contributed by atoms with Gasteiger partial charge in [-0.15, -0.1) is 0 Å². The van der Waals surface area contributed by atoms with Crippen molar-refractivity contribution < 1.29 is 44.3 Å². The summed E-state index contributed by atoms with van der Waals surface area (Å²) in [4.78, 5) is 40.1. The van der Waals surface area contributed by atoms with Crippen LogP contribution in [0.5, 0.6) is 0 Å². The Bertz CT molecular complexity index is 1150. The number of carboxylic acid groups (broad SMARTS) is 3. The van der Waals surface area contributed by atoms with Gasteiger partial charge in [-0.3, -0.25) is 29.1 Å². The summed E-state index contributed by atoms with van der Waals surface area (Å²) in [5.74, 6) is -3.12. The van der Waals surface area contributed by atoms with Crippen LogP contribution < -0.4 is 0 Å². The van der Waals surface area contributed by atoms with Crippen LogP contribution in [0.3, 0.4) is 0 Å². The van der Waals surface area contributed by atoms with E-state index in [1.165, 1.54) is 11.1 Å². The largest absolute Gasteiger partial charge is 0.480 e. The summed E-state index contributed by atoms with van der Waals surface area (Å²) in [6, 6.07) is 20.6. The van der Waals surface area contributed by atoms with Gasteiger partial charge < -0.3 is 29.9 Å². The summed E-state index contributed by atoms with van der Waals surface area (Å²) >= 11 is 0. The fraction of sp³-hybridized carbons (Fsp3) is 0.545. The Kier molecular flexibility index (Phi) is 17.3. The first-order valence-corrected chi connectivity index (χ1v) is 15.9. The molecule has 1 aliphatic heterocycles. The predicted octanol–water partition coefficient (Wildman–Crippen LogP) is 0.473. The molecule has 14 heteroatoms. The Morgan fingerprint density at radius 1 is 0.638 bits per heavy atom. The minimum atomic E-state index is -1.08. The quantitative estimate of drug-likeness (QED) is 0.145. The van der Waals surface area contributed by atoms with Crippen molar-refractivity contribution in [3.63, 3.8) is 0 Å². The third kappa shape index (κ3) is 16.3. The van der Waals surface area contributed by atoms with Gasteiger partial charge in [-0.1, -0.05) is 60.7 Å². The second-order valence-electron chi connectivity index (χ2n) is 11.6. The van der Waals surface area contributed by atoms with E-state index < -0.39 is 24.0 Å². The normalized spacial score (nSPS) is 16.6. The molecule has 0 radical (unpaired) electrons. The highest BCUT2D eigenvalue weighted by Gasteiger charge is 2.25. The molecule has 260 valence electrons. The van der Waals surface area contributed by atoms with Crippen LogP contribution in [-0.2, 0) is 36.9 Å². The van der Waals surface area contributed by atoms with E-state index in [1.54, 1.807) is 19.8 Å². The molecule has 1 aliphatic rings. The third-order valence-electron chi connectivity index (χ3n) is 7.67. The molecule has 47 heavy (non-hydrogen) atoms. The SMILES string of the molecule is O=C(O)CN1CCN(CC(=O)O)CCN(CC(O)COCCOCCN(Cc2ccccc2)Cc2ccccc2)N(CC(=O)O)CC1. The van der Waals surface area contributed by atoms with E-state index in [2.05, 4.69) is 29.2 Å². The number of hydrazine groups is 1. The molecule has 2 aromatic carbocycles. The zero-order chi connectivity index (χ0) is 33.9. The Hall–Kier alpha value is -3.47. The second kappa shape index (κ2) is 21.4. The standard InChI is InChI=1S/C33H49N5O9/c39-30(23-37-15-13-34(24-31(40)41)11-12-35(25-32(42)43)14-16-38(37)26-33(44)45)27-47-20-19-46-18-17-36(21-28-7-3-1-4-8-28)22-29-9-5-2-6-10-29/h1-10,30,39H,11-27H2,(H,40,41)(H,42,43)(H,44,45). The van der Waals surface area contributed by atoms with Gasteiger partial charge in [-0.05, 0) is 11.1 Å². The summed E-state index contributed by atoms with van der Waals surface area (Å²) in [5.41, 5.74) is 2.45. The van der Waals surface area contributed by atoms with Gasteiger partial charge in [-0.2, -0.15) is 0 Å². The van der Waals surface area contributed by atoms with E-state index in [4.69, 9.17) is 9.47 Å². The lowest BCUT2D eigenvalue weighted by atomic mass is 10.1. The number of carboxylic acids is 3. The molecule has 1 unspecified atom stereocenters. The highest BCUT2D eigenvalue weighted by Crippen LogP contribution is 2.10. The maximum atomic E-state index is 11.7. The lowest BCUT2D eigenvalue weighted by Gasteiger charge is -2.39. The summed E-state index contributed by atoms with van der Waals surface area (Å²) in [5, 5.41) is 42.2. The summed E-state index contributed by atoms with van der Waals surface area (Å²) in [6.45, 7) is 4.37. The van der Waals surface area contributed by atoms with Crippen molar-refractivity contribution in [3.8, 4) is 0 Å². The zero-order valence-corrected chi connectivity index (χ0v) is 26.9. The van der Waals surface area contributed by atoms with Crippen LogP contribution >= 0.6 is 0 Å². The van der Waals surface area contributed by atoms with Gasteiger partial charge in [-0.25, -0.2) is 10.0 Å². The minimum Gasteiger partial charge on any atom is -0.480 e. The molecular weight excluding hydrogens is 610 g/mol. The van der Waals surface area contributed by atoms with Crippen molar-refractivity contribution >= 4 is 17.9 Å². The smallest absolute Gasteiger partial charge is 0.319 e. The molecular formula is C33H49N5O9. The molecule has 0 spiro atoms. The number of hydrogen-bond donors (Lipinski definition) is 4. The predicted molar refractivity (Wildman–Crippen MR) is 174 cm³/mol. The number of β-amino-alcohol motifs (C(OH)–C–C–N with tert-alkyl or cyclic N) is 1. The van der Waals surface area contributed by atoms with Gasteiger partial charge in [0.25, 0.3) is 0 Å². The molecule has 0 aliphatic carbocycles. The van der Waals surface area contributed by atoms with Crippen LogP contribution in [0.4, 0.5) is 0 Å². The number of ether oxygens (including phenoxy) is 2. The number of rotatable bonds is 20. The highest BCUT2D eigenvalue weighted by molar-refractivity contribution is 5.69. The number of aliphatic carboxylic acids is 3. The van der Waals surface area contributed by atoms with Crippen molar-refractivity contribution in [2.24, 2.45) is 0 Å². The lowest BCUT2D eigenvalue weighted by Crippen LogP contribution is -2.55. The van der Waals surface area contributed by atoms with E-state index in [-0.39, 0.29) is 65.6 Å². The average molecular weight is 660 g/mol. The van der Waals surface area contributed by atoms with E-state index in [9.17, 15) is 34.8 Å². The van der Waals surface area contributed by atoms with Crippen LogP contribution in [0, 0.1) is 0 Å². The number of benzene rings is 2. The molecule has 0 amide bonds. The lowest BCUT2D eigenvalue weighted by molar-refractivity contribution is -0.148. The Balaban J connectivity index is 1.47. The minimum absolute atomic E-state index is 0.00110. The summed E-state index contributed by atoms with van der Waals surface area (Å²) < 4.78 is 11.5. The number of aliphatic hydroxyl groups is 1. The van der Waals surface area contributed by atoms with E-state index >= 15 is 0 Å². The third-order valence-corrected chi connectivity index (χ3v) is 7.67. The number of hydrogen-bond acceptors (Lipinski definition) is 11.